The topological polar surface area (TPSA) is 158 Å². The number of likely N-dealkylation sites (tertiary alicyclic amines) is 1. The van der Waals surface area contributed by atoms with E-state index in [0.29, 0.717) is 56.0 Å². The highest BCUT2D eigenvalue weighted by Crippen LogP contribution is 2.70. The number of nitrogens with one attached hydrogen (secondary N) is 3. The predicted octanol–water partition coefficient (Wildman–Crippen LogP) is 3.33. The van der Waals surface area contributed by atoms with Gasteiger partial charge in [-0.15, -0.1) is 0 Å². The fraction of sp³-hybridized carbons (Fsp3) is 0.432. The van der Waals surface area contributed by atoms with Crippen molar-refractivity contribution in [2.45, 2.75) is 50.5 Å². The minimum absolute atomic E-state index is 0.0837. The van der Waals surface area contributed by atoms with Gasteiger partial charge in [0.25, 0.3) is 11.8 Å². The number of anilines is 2. The first kappa shape index (κ1) is 32.4. The van der Waals surface area contributed by atoms with Crippen LogP contribution in [-0.2, 0) is 27.2 Å². The van der Waals surface area contributed by atoms with Gasteiger partial charge in [-0.25, -0.2) is 13.8 Å². The highest BCUT2D eigenvalue weighted by Gasteiger charge is 2.78. The molecule has 1 aromatic carbocycles. The molecule has 15 heteroatoms. The molecule has 13 nitrogen and oxygen atoms in total. The molecule has 0 bridgehead atoms. The Kier molecular flexibility index (Phi) is 7.35. The summed E-state index contributed by atoms with van der Waals surface area (Å²) in [7, 11) is 0. The largest absolute Gasteiger partial charge is 0.355 e. The summed E-state index contributed by atoms with van der Waals surface area (Å²) in [5.74, 6) is -4.17. The second-order valence-corrected chi connectivity index (χ2v) is 15.1. The molecule has 3 unspecified atom stereocenters. The number of hydrogen-bond acceptors (Lipinski definition) is 8. The molecule has 9 rings (SSSR count). The number of rotatable bonds is 8. The summed E-state index contributed by atoms with van der Waals surface area (Å²) in [6.45, 7) is 3.80. The van der Waals surface area contributed by atoms with Crippen molar-refractivity contribution in [1.29, 1.82) is 0 Å². The number of aromatic amines is 1. The van der Waals surface area contributed by atoms with Crippen LogP contribution in [0.5, 0.6) is 0 Å². The quantitative estimate of drug-likeness (QED) is 0.235. The molecule has 3 aromatic heterocycles. The number of benzene rings is 1. The third-order valence-corrected chi connectivity index (χ3v) is 11.9. The molecule has 4 atom stereocenters. The first-order valence-corrected chi connectivity index (χ1v) is 17.7. The number of carbonyl (C=O) groups is 4. The van der Waals surface area contributed by atoms with E-state index in [4.69, 9.17) is 0 Å². The molecule has 4 fully saturated rings. The van der Waals surface area contributed by atoms with Crippen molar-refractivity contribution in [2.24, 2.45) is 23.2 Å². The standard InChI is InChI=1S/C37H37F2N9O4/c1-36-12-27-26(11-28(36)37(36,38)39)31(45-44-27)34(51)42-24-14-41-48(19-24)32(20-5-3-2-4-6-20)22-15-47(16-22)35(52)23-17-46(18-23)29-9-7-21(13-40-29)25-8-10-30(49)43-33(25)50/h2-7,9,13-14,19,22-23,25,28,32H,8,10-12,15-18H2,1H3,(H,42,51)(H,44,45)(H,43,49,50)/t25?,28?,32-,36?/m1/s1. The zero-order chi connectivity index (χ0) is 35.9. The van der Waals surface area contributed by atoms with E-state index in [2.05, 4.69) is 30.9 Å². The fourth-order valence-corrected chi connectivity index (χ4v) is 8.61. The van der Waals surface area contributed by atoms with Crippen LogP contribution in [0.15, 0.2) is 61.1 Å². The molecule has 4 aromatic rings. The number of alkyl halides is 2. The lowest BCUT2D eigenvalue weighted by Gasteiger charge is -2.48. The third kappa shape index (κ3) is 5.19. The van der Waals surface area contributed by atoms with E-state index >= 15 is 0 Å². The van der Waals surface area contributed by atoms with Gasteiger partial charge < -0.3 is 15.1 Å². The normalized spacial score (nSPS) is 25.7. The van der Waals surface area contributed by atoms with Gasteiger partial charge in [-0.2, -0.15) is 10.2 Å². The molecule has 4 amide bonds. The van der Waals surface area contributed by atoms with E-state index in [1.165, 1.54) is 0 Å². The van der Waals surface area contributed by atoms with E-state index in [1.807, 2.05) is 56.9 Å². The van der Waals surface area contributed by atoms with Crippen molar-refractivity contribution in [2.75, 3.05) is 36.4 Å². The Labute approximate surface area is 297 Å². The number of hydrogen-bond donors (Lipinski definition) is 3. The van der Waals surface area contributed by atoms with Crippen molar-refractivity contribution in [3.63, 3.8) is 0 Å². The number of pyridine rings is 1. The van der Waals surface area contributed by atoms with Gasteiger partial charge in [0.2, 0.25) is 17.7 Å². The number of nitrogens with zero attached hydrogens (tertiary/aromatic N) is 6. The van der Waals surface area contributed by atoms with Gasteiger partial charge in [-0.3, -0.25) is 34.3 Å². The molecular formula is C37H37F2N9O4. The summed E-state index contributed by atoms with van der Waals surface area (Å²) >= 11 is 0. The molecule has 0 radical (unpaired) electrons. The minimum Gasteiger partial charge on any atom is -0.355 e. The van der Waals surface area contributed by atoms with Crippen molar-refractivity contribution >= 4 is 35.1 Å². The van der Waals surface area contributed by atoms with Gasteiger partial charge in [0.1, 0.15) is 5.82 Å². The molecule has 2 aliphatic carbocycles. The molecule has 3 saturated heterocycles. The summed E-state index contributed by atoms with van der Waals surface area (Å²) in [6, 6.07) is 13.4. The molecule has 3 N–H and O–H groups in total. The van der Waals surface area contributed by atoms with E-state index in [9.17, 15) is 28.0 Å². The van der Waals surface area contributed by atoms with Crippen LogP contribution in [0.25, 0.3) is 0 Å². The van der Waals surface area contributed by atoms with Gasteiger partial charge >= 0.3 is 0 Å². The van der Waals surface area contributed by atoms with Crippen LogP contribution in [-0.4, -0.2) is 85.6 Å². The Balaban J connectivity index is 0.821. The summed E-state index contributed by atoms with van der Waals surface area (Å²) in [6.07, 6.45) is 6.04. The Morgan fingerprint density at radius 2 is 1.83 bits per heavy atom. The zero-order valence-corrected chi connectivity index (χ0v) is 28.4. The Bertz CT molecular complexity index is 2090. The average molecular weight is 710 g/mol. The van der Waals surface area contributed by atoms with Crippen LogP contribution < -0.4 is 15.5 Å². The predicted molar refractivity (Wildman–Crippen MR) is 182 cm³/mol. The number of amides is 4. The number of carbonyl (C=O) groups excluding carboxylic acids is 4. The van der Waals surface area contributed by atoms with Crippen molar-refractivity contribution in [1.82, 2.24) is 35.2 Å². The summed E-state index contributed by atoms with van der Waals surface area (Å²) in [5, 5.41) is 16.9. The maximum absolute atomic E-state index is 14.4. The van der Waals surface area contributed by atoms with Gasteiger partial charge in [-0.05, 0) is 30.0 Å². The van der Waals surface area contributed by atoms with Gasteiger partial charge in [0.15, 0.2) is 5.69 Å². The molecule has 3 aliphatic heterocycles. The van der Waals surface area contributed by atoms with Crippen molar-refractivity contribution in [3.8, 4) is 0 Å². The molecule has 5 aliphatic rings. The number of halogens is 2. The lowest BCUT2D eigenvalue weighted by Crippen LogP contribution is -2.61. The van der Waals surface area contributed by atoms with E-state index in [1.54, 1.807) is 25.5 Å². The maximum atomic E-state index is 14.4. The first-order valence-electron chi connectivity index (χ1n) is 17.7. The van der Waals surface area contributed by atoms with Crippen LogP contribution in [0.1, 0.15) is 64.6 Å². The van der Waals surface area contributed by atoms with Crippen molar-refractivity contribution in [3.05, 3.63) is 89.1 Å². The highest BCUT2D eigenvalue weighted by atomic mass is 19.3. The van der Waals surface area contributed by atoms with Crippen LogP contribution >= 0.6 is 0 Å². The second-order valence-electron chi connectivity index (χ2n) is 15.1. The molecule has 0 spiro atoms. The first-order chi connectivity index (χ1) is 25.0. The lowest BCUT2D eigenvalue weighted by molar-refractivity contribution is -0.143. The Morgan fingerprint density at radius 3 is 2.56 bits per heavy atom. The van der Waals surface area contributed by atoms with E-state index in [-0.39, 0.29) is 54.1 Å². The number of piperidine rings is 1. The molecular weight excluding hydrogens is 672 g/mol. The number of H-pyrrole nitrogens is 1. The average Bonchev–Trinajstić information content (AvgIpc) is 3.50. The van der Waals surface area contributed by atoms with Crippen molar-refractivity contribution < 1.29 is 28.0 Å². The SMILES string of the molecule is CC12Cc3[nH]nc(C(=O)Nc4cnn([C@H](c5ccccc5)C5CN(C(=O)C6CN(c7ccc(C8CCC(=O)NC8=O)cn7)C6)C5)c4)c3CC1C2(F)F. The van der Waals surface area contributed by atoms with Gasteiger partial charge in [0, 0.05) is 79.9 Å². The van der Waals surface area contributed by atoms with E-state index < -0.39 is 29.1 Å². The molecule has 1 saturated carbocycles. The lowest BCUT2D eigenvalue weighted by atomic mass is 9.85. The highest BCUT2D eigenvalue weighted by molar-refractivity contribution is 6.04. The molecule has 268 valence electrons. The van der Waals surface area contributed by atoms with Crippen LogP contribution in [0.2, 0.25) is 0 Å². The van der Waals surface area contributed by atoms with E-state index in [0.717, 1.165) is 16.9 Å². The van der Waals surface area contributed by atoms with Gasteiger partial charge in [0.05, 0.1) is 29.8 Å². The fourth-order valence-electron chi connectivity index (χ4n) is 8.61. The second kappa shape index (κ2) is 11.8. The van der Waals surface area contributed by atoms with Gasteiger partial charge in [-0.1, -0.05) is 43.3 Å². The smallest absolute Gasteiger partial charge is 0.276 e. The number of aromatic nitrogens is 5. The monoisotopic (exact) mass is 709 g/mol. The Hall–Kier alpha value is -5.47. The summed E-state index contributed by atoms with van der Waals surface area (Å²) in [4.78, 5) is 58.9. The van der Waals surface area contributed by atoms with Crippen LogP contribution in [0, 0.1) is 23.2 Å². The van der Waals surface area contributed by atoms with Crippen LogP contribution in [0.4, 0.5) is 20.3 Å². The number of imide groups is 1. The minimum atomic E-state index is -2.75. The Morgan fingerprint density at radius 1 is 1.04 bits per heavy atom. The molecule has 6 heterocycles. The zero-order valence-electron chi connectivity index (χ0n) is 28.4. The van der Waals surface area contributed by atoms with Crippen LogP contribution in [0.3, 0.4) is 0 Å². The number of fused-ring (bicyclic) bond motifs is 2. The third-order valence-electron chi connectivity index (χ3n) is 11.9. The molecule has 52 heavy (non-hydrogen) atoms. The maximum Gasteiger partial charge on any atom is 0.276 e. The summed E-state index contributed by atoms with van der Waals surface area (Å²) < 4.78 is 30.7. The summed E-state index contributed by atoms with van der Waals surface area (Å²) in [5.41, 5.74) is 2.45.